The second-order valence-corrected chi connectivity index (χ2v) is 5.72. The molecule has 0 aliphatic carbocycles. The lowest BCUT2D eigenvalue weighted by molar-refractivity contribution is -0.117. The molecule has 1 atom stereocenters. The highest BCUT2D eigenvalue weighted by atomic mass is 16.2. The van der Waals surface area contributed by atoms with Gasteiger partial charge in [-0.25, -0.2) is 0 Å². The van der Waals surface area contributed by atoms with Crippen LogP contribution in [0.3, 0.4) is 0 Å². The van der Waals surface area contributed by atoms with E-state index in [1.54, 1.807) is 0 Å². The van der Waals surface area contributed by atoms with Crippen molar-refractivity contribution in [1.29, 1.82) is 0 Å². The molecular formula is C18H19NO. The molecule has 0 bridgehead atoms. The number of rotatable bonds is 2. The second-order valence-electron chi connectivity index (χ2n) is 5.72. The zero-order valence-corrected chi connectivity index (χ0v) is 12.2. The van der Waals surface area contributed by atoms with Crippen molar-refractivity contribution in [2.24, 2.45) is 0 Å². The van der Waals surface area contributed by atoms with Gasteiger partial charge in [-0.1, -0.05) is 42.0 Å². The lowest BCUT2D eigenvalue weighted by atomic mass is 9.90. The Hall–Kier alpha value is -2.09. The van der Waals surface area contributed by atoms with Crippen molar-refractivity contribution in [2.75, 3.05) is 5.32 Å². The minimum Gasteiger partial charge on any atom is -0.325 e. The molecule has 1 amide bonds. The molecule has 0 radical (unpaired) electrons. The number of para-hydroxylation sites is 1. The minimum absolute atomic E-state index is 0.0644. The number of aryl methyl sites for hydroxylation is 3. The largest absolute Gasteiger partial charge is 0.325 e. The topological polar surface area (TPSA) is 29.1 Å². The Kier molecular flexibility index (Phi) is 3.09. The summed E-state index contributed by atoms with van der Waals surface area (Å²) in [5.74, 6) is 0.0561. The van der Waals surface area contributed by atoms with E-state index in [1.807, 2.05) is 19.1 Å². The van der Waals surface area contributed by atoms with E-state index in [0.717, 1.165) is 23.2 Å². The normalized spacial score (nSPS) is 16.9. The second kappa shape index (κ2) is 4.78. The zero-order valence-electron chi connectivity index (χ0n) is 12.2. The first-order valence-electron chi connectivity index (χ1n) is 7.03. The van der Waals surface area contributed by atoms with Crippen LogP contribution in [-0.2, 0) is 11.2 Å². The van der Waals surface area contributed by atoms with Gasteiger partial charge in [0.05, 0.1) is 5.92 Å². The molecule has 2 aromatic carbocycles. The van der Waals surface area contributed by atoms with E-state index in [9.17, 15) is 4.79 Å². The minimum atomic E-state index is -0.0644. The average molecular weight is 265 g/mol. The van der Waals surface area contributed by atoms with Gasteiger partial charge in [-0.15, -0.1) is 0 Å². The fourth-order valence-corrected chi connectivity index (χ4v) is 2.95. The molecule has 3 rings (SSSR count). The third-order valence-corrected chi connectivity index (χ3v) is 4.17. The molecule has 1 heterocycles. The molecule has 0 saturated heterocycles. The van der Waals surface area contributed by atoms with E-state index in [1.165, 1.54) is 16.7 Å². The maximum absolute atomic E-state index is 12.3. The summed E-state index contributed by atoms with van der Waals surface area (Å²) >= 11 is 0. The number of amides is 1. The molecule has 1 unspecified atom stereocenters. The Bertz CT molecular complexity index is 688. The van der Waals surface area contributed by atoms with Crippen LogP contribution < -0.4 is 5.32 Å². The van der Waals surface area contributed by atoms with Crippen molar-refractivity contribution in [3.63, 3.8) is 0 Å². The van der Waals surface area contributed by atoms with Crippen molar-refractivity contribution in [3.8, 4) is 0 Å². The van der Waals surface area contributed by atoms with E-state index >= 15 is 0 Å². The zero-order chi connectivity index (χ0) is 14.3. The first-order chi connectivity index (χ1) is 9.56. The average Bonchev–Trinajstić information content (AvgIpc) is 2.73. The lowest BCUT2D eigenvalue weighted by Gasteiger charge is -2.12. The van der Waals surface area contributed by atoms with Crippen LogP contribution in [-0.4, -0.2) is 5.91 Å². The third kappa shape index (κ3) is 2.11. The van der Waals surface area contributed by atoms with Crippen LogP contribution in [0.25, 0.3) is 0 Å². The van der Waals surface area contributed by atoms with E-state index in [-0.39, 0.29) is 11.8 Å². The van der Waals surface area contributed by atoms with Crippen LogP contribution >= 0.6 is 0 Å². The highest BCUT2D eigenvalue weighted by molar-refractivity contribution is 6.03. The van der Waals surface area contributed by atoms with Gasteiger partial charge in [-0.05, 0) is 49.4 Å². The van der Waals surface area contributed by atoms with Crippen molar-refractivity contribution in [1.82, 2.24) is 0 Å². The SMILES string of the molecule is Cc1ccc(C)c(CC2C(=O)Nc3c(C)cccc32)c1. The number of carbonyl (C=O) groups is 1. The number of hydrogen-bond acceptors (Lipinski definition) is 1. The Morgan fingerprint density at radius 2 is 1.85 bits per heavy atom. The molecule has 0 spiro atoms. The maximum atomic E-state index is 12.3. The fraction of sp³-hybridized carbons (Fsp3) is 0.278. The van der Waals surface area contributed by atoms with Crippen molar-refractivity contribution in [2.45, 2.75) is 33.1 Å². The molecule has 2 nitrogen and oxygen atoms in total. The van der Waals surface area contributed by atoms with Crippen molar-refractivity contribution < 1.29 is 4.79 Å². The van der Waals surface area contributed by atoms with Crippen LogP contribution in [0, 0.1) is 20.8 Å². The predicted octanol–water partition coefficient (Wildman–Crippen LogP) is 3.89. The first-order valence-corrected chi connectivity index (χ1v) is 7.03. The molecule has 102 valence electrons. The summed E-state index contributed by atoms with van der Waals surface area (Å²) in [6.07, 6.45) is 0.774. The molecule has 20 heavy (non-hydrogen) atoms. The van der Waals surface area contributed by atoms with Crippen molar-refractivity contribution in [3.05, 3.63) is 64.2 Å². The quantitative estimate of drug-likeness (QED) is 0.877. The monoisotopic (exact) mass is 265 g/mol. The van der Waals surface area contributed by atoms with Crippen LogP contribution in [0.2, 0.25) is 0 Å². The predicted molar refractivity (Wildman–Crippen MR) is 82.2 cm³/mol. The summed E-state index contributed by atoms with van der Waals surface area (Å²) in [5.41, 5.74) is 7.04. The molecular weight excluding hydrogens is 246 g/mol. The number of carbonyl (C=O) groups excluding carboxylic acids is 1. The summed E-state index contributed by atoms with van der Waals surface area (Å²) in [5, 5.41) is 3.03. The Labute approximate surface area is 119 Å². The number of anilines is 1. The molecule has 0 saturated carbocycles. The number of benzene rings is 2. The van der Waals surface area contributed by atoms with Crippen molar-refractivity contribution >= 4 is 11.6 Å². The molecule has 0 aromatic heterocycles. The Morgan fingerprint density at radius 3 is 2.65 bits per heavy atom. The summed E-state index contributed by atoms with van der Waals surface area (Å²) in [7, 11) is 0. The summed E-state index contributed by atoms with van der Waals surface area (Å²) in [6, 6.07) is 12.6. The number of hydrogen-bond donors (Lipinski definition) is 1. The summed E-state index contributed by atoms with van der Waals surface area (Å²) in [6.45, 7) is 6.24. The van der Waals surface area contributed by atoms with Gasteiger partial charge in [0.2, 0.25) is 5.91 Å². The number of nitrogens with one attached hydrogen (secondary N) is 1. The van der Waals surface area contributed by atoms with Gasteiger partial charge in [-0.3, -0.25) is 4.79 Å². The van der Waals surface area contributed by atoms with Gasteiger partial charge in [0.1, 0.15) is 0 Å². The fourth-order valence-electron chi connectivity index (χ4n) is 2.95. The van der Waals surface area contributed by atoms with Crippen LogP contribution in [0.1, 0.15) is 33.7 Å². The summed E-state index contributed by atoms with van der Waals surface area (Å²) in [4.78, 5) is 12.3. The van der Waals surface area contributed by atoms with E-state index in [4.69, 9.17) is 0 Å². The van der Waals surface area contributed by atoms with Crippen LogP contribution in [0.5, 0.6) is 0 Å². The maximum Gasteiger partial charge on any atom is 0.232 e. The van der Waals surface area contributed by atoms with Gasteiger partial charge in [-0.2, -0.15) is 0 Å². The third-order valence-electron chi connectivity index (χ3n) is 4.17. The van der Waals surface area contributed by atoms with Gasteiger partial charge in [0.25, 0.3) is 0 Å². The standard InChI is InChI=1S/C18H19NO/c1-11-7-8-12(2)14(9-11)10-16-15-6-4-5-13(3)17(15)19-18(16)20/h4-9,16H,10H2,1-3H3,(H,19,20). The highest BCUT2D eigenvalue weighted by Gasteiger charge is 2.31. The molecule has 0 fully saturated rings. The van der Waals surface area contributed by atoms with E-state index in [0.29, 0.717) is 0 Å². The first kappa shape index (κ1) is 12.9. The summed E-state index contributed by atoms with van der Waals surface area (Å²) < 4.78 is 0. The highest BCUT2D eigenvalue weighted by Crippen LogP contribution is 2.37. The number of fused-ring (bicyclic) bond motifs is 1. The van der Waals surface area contributed by atoms with E-state index in [2.05, 4.69) is 43.4 Å². The Morgan fingerprint density at radius 1 is 1.05 bits per heavy atom. The van der Waals surface area contributed by atoms with Crippen LogP contribution in [0.4, 0.5) is 5.69 Å². The van der Waals surface area contributed by atoms with Crippen LogP contribution in [0.15, 0.2) is 36.4 Å². The molecule has 1 aliphatic rings. The molecule has 2 heteroatoms. The Balaban J connectivity index is 1.98. The van der Waals surface area contributed by atoms with Gasteiger partial charge in [0.15, 0.2) is 0 Å². The lowest BCUT2D eigenvalue weighted by Crippen LogP contribution is -2.14. The van der Waals surface area contributed by atoms with E-state index < -0.39 is 0 Å². The smallest absolute Gasteiger partial charge is 0.232 e. The van der Waals surface area contributed by atoms with Gasteiger partial charge < -0.3 is 5.32 Å². The van der Waals surface area contributed by atoms with Gasteiger partial charge >= 0.3 is 0 Å². The molecule has 1 aliphatic heterocycles. The molecule has 1 N–H and O–H groups in total. The van der Waals surface area contributed by atoms with Gasteiger partial charge in [0, 0.05) is 5.69 Å². The molecule has 2 aromatic rings.